The summed E-state index contributed by atoms with van der Waals surface area (Å²) >= 11 is 0. The molecule has 0 radical (unpaired) electrons. The number of amides is 1. The Labute approximate surface area is 57.6 Å². The van der Waals surface area contributed by atoms with Gasteiger partial charge in [0.2, 0.25) is 5.91 Å². The van der Waals surface area contributed by atoms with Crippen molar-refractivity contribution in [2.75, 3.05) is 0 Å². The van der Waals surface area contributed by atoms with Crippen LogP contribution in [0.15, 0.2) is 0 Å². The highest BCUT2D eigenvalue weighted by molar-refractivity contribution is 5.76. The molecule has 1 fully saturated rings. The second-order valence-corrected chi connectivity index (χ2v) is 2.40. The van der Waals surface area contributed by atoms with Crippen molar-refractivity contribution >= 4 is 5.91 Å². The van der Waals surface area contributed by atoms with Gasteiger partial charge in [-0.3, -0.25) is 4.79 Å². The zero-order valence-electron chi connectivity index (χ0n) is 5.44. The molecule has 1 aliphatic rings. The quantitative estimate of drug-likeness (QED) is 0.590. The van der Waals surface area contributed by atoms with Gasteiger partial charge >= 0.3 is 0 Å². The van der Waals surface area contributed by atoms with Gasteiger partial charge in [-0.2, -0.15) is 0 Å². The summed E-state index contributed by atoms with van der Waals surface area (Å²) in [6.45, 7) is 0. The molecular formula is C6H9F2NO. The highest BCUT2D eigenvalue weighted by Gasteiger charge is 2.25. The van der Waals surface area contributed by atoms with Gasteiger partial charge in [-0.25, -0.2) is 8.78 Å². The fourth-order valence-electron chi connectivity index (χ4n) is 1.02. The molecule has 0 bridgehead atoms. The number of rotatable bonds is 1. The van der Waals surface area contributed by atoms with Gasteiger partial charge in [0.25, 0.3) is 6.43 Å². The van der Waals surface area contributed by atoms with Crippen molar-refractivity contribution in [3.63, 3.8) is 0 Å². The lowest BCUT2D eigenvalue weighted by Gasteiger charge is -2.21. The molecule has 0 aliphatic carbocycles. The van der Waals surface area contributed by atoms with Crippen LogP contribution in [-0.2, 0) is 4.79 Å². The normalized spacial score (nSPS) is 26.7. The number of alkyl halides is 2. The van der Waals surface area contributed by atoms with Crippen molar-refractivity contribution in [1.82, 2.24) is 5.32 Å². The minimum Gasteiger partial charge on any atom is -0.348 e. The molecule has 0 saturated carbocycles. The van der Waals surface area contributed by atoms with E-state index in [9.17, 15) is 13.6 Å². The van der Waals surface area contributed by atoms with E-state index in [1.165, 1.54) is 0 Å². The molecule has 1 heterocycles. The summed E-state index contributed by atoms with van der Waals surface area (Å²) in [5, 5.41) is 2.23. The van der Waals surface area contributed by atoms with Crippen LogP contribution in [0.3, 0.4) is 0 Å². The summed E-state index contributed by atoms with van der Waals surface area (Å²) in [6, 6.07) is -0.902. The Morgan fingerprint density at radius 1 is 1.60 bits per heavy atom. The van der Waals surface area contributed by atoms with Crippen molar-refractivity contribution in [3.8, 4) is 0 Å². The Morgan fingerprint density at radius 3 is 2.70 bits per heavy atom. The highest BCUT2D eigenvalue weighted by atomic mass is 19.3. The molecule has 10 heavy (non-hydrogen) atoms. The summed E-state index contributed by atoms with van der Waals surface area (Å²) in [5.41, 5.74) is 0. The zero-order chi connectivity index (χ0) is 7.56. The predicted molar refractivity (Wildman–Crippen MR) is 31.8 cm³/mol. The first kappa shape index (κ1) is 7.44. The van der Waals surface area contributed by atoms with Crippen LogP contribution >= 0.6 is 0 Å². The van der Waals surface area contributed by atoms with E-state index < -0.39 is 12.5 Å². The Kier molecular flexibility index (Phi) is 2.19. The van der Waals surface area contributed by atoms with Gasteiger partial charge in [-0.1, -0.05) is 0 Å². The minimum atomic E-state index is -2.41. The third kappa shape index (κ3) is 1.65. The number of carbonyl (C=O) groups excluding carboxylic acids is 1. The van der Waals surface area contributed by atoms with Crippen LogP contribution in [0, 0.1) is 0 Å². The Balaban J connectivity index is 2.39. The number of carbonyl (C=O) groups is 1. The third-order valence-corrected chi connectivity index (χ3v) is 1.57. The average Bonchev–Trinajstić information content (AvgIpc) is 1.88. The number of hydrogen-bond donors (Lipinski definition) is 1. The molecule has 1 atom stereocenters. The smallest absolute Gasteiger partial charge is 0.258 e. The van der Waals surface area contributed by atoms with E-state index in [1.54, 1.807) is 0 Å². The molecule has 2 nitrogen and oxygen atoms in total. The Morgan fingerprint density at radius 2 is 2.30 bits per heavy atom. The SMILES string of the molecule is O=C1CCC[C@@H](C(F)F)N1. The van der Waals surface area contributed by atoms with Crippen molar-refractivity contribution in [3.05, 3.63) is 0 Å². The van der Waals surface area contributed by atoms with E-state index in [0.717, 1.165) is 0 Å². The van der Waals surface area contributed by atoms with E-state index in [-0.39, 0.29) is 5.91 Å². The van der Waals surface area contributed by atoms with E-state index in [2.05, 4.69) is 5.32 Å². The van der Waals surface area contributed by atoms with Crippen LogP contribution in [0.25, 0.3) is 0 Å². The van der Waals surface area contributed by atoms with E-state index >= 15 is 0 Å². The number of halogens is 2. The standard InChI is InChI=1S/C6H9F2NO/c7-6(8)4-2-1-3-5(10)9-4/h4,6H,1-3H2,(H,9,10)/t4-/m0/s1. The molecule has 1 aliphatic heterocycles. The molecule has 0 aromatic heterocycles. The van der Waals surface area contributed by atoms with Crippen LogP contribution in [0.5, 0.6) is 0 Å². The van der Waals surface area contributed by atoms with E-state index in [4.69, 9.17) is 0 Å². The van der Waals surface area contributed by atoms with Crippen molar-refractivity contribution in [2.24, 2.45) is 0 Å². The Hall–Kier alpha value is -0.670. The zero-order valence-corrected chi connectivity index (χ0v) is 5.44. The van der Waals surface area contributed by atoms with E-state index in [0.29, 0.717) is 19.3 Å². The fourth-order valence-corrected chi connectivity index (χ4v) is 1.02. The van der Waals surface area contributed by atoms with Crippen LogP contribution in [0.2, 0.25) is 0 Å². The van der Waals surface area contributed by atoms with E-state index in [1.807, 2.05) is 0 Å². The van der Waals surface area contributed by atoms with Crippen molar-refractivity contribution in [1.29, 1.82) is 0 Å². The maximum absolute atomic E-state index is 11.9. The van der Waals surface area contributed by atoms with Crippen molar-refractivity contribution in [2.45, 2.75) is 31.7 Å². The summed E-state index contributed by atoms with van der Waals surface area (Å²) in [6.07, 6.45) is -1.03. The Bertz CT molecular complexity index is 138. The first-order valence-corrected chi connectivity index (χ1v) is 3.27. The second kappa shape index (κ2) is 2.94. The van der Waals surface area contributed by atoms with Gasteiger partial charge in [-0.15, -0.1) is 0 Å². The molecular weight excluding hydrogens is 140 g/mol. The molecule has 1 saturated heterocycles. The number of nitrogens with one attached hydrogen (secondary N) is 1. The van der Waals surface area contributed by atoms with Gasteiger partial charge in [-0.05, 0) is 12.8 Å². The average molecular weight is 149 g/mol. The maximum Gasteiger partial charge on any atom is 0.258 e. The number of piperidine rings is 1. The van der Waals surface area contributed by atoms with Crippen LogP contribution in [-0.4, -0.2) is 18.4 Å². The minimum absolute atomic E-state index is 0.253. The lowest BCUT2D eigenvalue weighted by molar-refractivity contribution is -0.124. The number of hydrogen-bond acceptors (Lipinski definition) is 1. The monoisotopic (exact) mass is 149 g/mol. The van der Waals surface area contributed by atoms with Gasteiger partial charge in [0.1, 0.15) is 0 Å². The molecule has 0 aromatic rings. The molecule has 0 spiro atoms. The molecule has 1 amide bonds. The highest BCUT2D eigenvalue weighted by Crippen LogP contribution is 2.13. The van der Waals surface area contributed by atoms with Gasteiger partial charge in [0, 0.05) is 6.42 Å². The third-order valence-electron chi connectivity index (χ3n) is 1.57. The molecule has 0 unspecified atom stereocenters. The van der Waals surface area contributed by atoms with Crippen LogP contribution in [0.4, 0.5) is 8.78 Å². The first-order chi connectivity index (χ1) is 4.70. The topological polar surface area (TPSA) is 29.1 Å². The van der Waals surface area contributed by atoms with Crippen LogP contribution in [0.1, 0.15) is 19.3 Å². The summed E-state index contributed by atoms with van der Waals surface area (Å²) in [4.78, 5) is 10.5. The fraction of sp³-hybridized carbons (Fsp3) is 0.833. The molecule has 1 N–H and O–H groups in total. The largest absolute Gasteiger partial charge is 0.348 e. The summed E-state index contributed by atoms with van der Waals surface area (Å²) < 4.78 is 23.8. The van der Waals surface area contributed by atoms with Gasteiger partial charge in [0.05, 0.1) is 6.04 Å². The first-order valence-electron chi connectivity index (χ1n) is 3.27. The molecule has 58 valence electrons. The van der Waals surface area contributed by atoms with Gasteiger partial charge < -0.3 is 5.32 Å². The lowest BCUT2D eigenvalue weighted by Crippen LogP contribution is -2.43. The van der Waals surface area contributed by atoms with Crippen molar-refractivity contribution < 1.29 is 13.6 Å². The molecule has 4 heteroatoms. The van der Waals surface area contributed by atoms with Gasteiger partial charge in [0.15, 0.2) is 0 Å². The maximum atomic E-state index is 11.9. The summed E-state index contributed by atoms with van der Waals surface area (Å²) in [7, 11) is 0. The predicted octanol–water partition coefficient (Wildman–Crippen LogP) is 0.920. The lowest BCUT2D eigenvalue weighted by atomic mass is 10.1. The van der Waals surface area contributed by atoms with Crippen LogP contribution < -0.4 is 5.32 Å². The molecule has 0 aromatic carbocycles. The summed E-state index contributed by atoms with van der Waals surface area (Å²) in [5.74, 6) is -0.253. The molecule has 1 rings (SSSR count). The second-order valence-electron chi connectivity index (χ2n) is 2.40.